The lowest BCUT2D eigenvalue weighted by Crippen LogP contribution is -2.28. The number of benzene rings is 1. The molecule has 0 saturated carbocycles. The van der Waals surface area contributed by atoms with E-state index in [9.17, 15) is 18.0 Å². The van der Waals surface area contributed by atoms with Gasteiger partial charge < -0.3 is 10.1 Å². The van der Waals surface area contributed by atoms with Crippen LogP contribution >= 0.6 is 0 Å². The van der Waals surface area contributed by atoms with Gasteiger partial charge in [-0.15, -0.1) is 0 Å². The van der Waals surface area contributed by atoms with E-state index in [4.69, 9.17) is 4.74 Å². The molecule has 11 heteroatoms. The molecule has 0 radical (unpaired) electrons. The summed E-state index contributed by atoms with van der Waals surface area (Å²) < 4.78 is 50.3. The first-order valence-electron chi connectivity index (χ1n) is 14.1. The van der Waals surface area contributed by atoms with Gasteiger partial charge in [-0.05, 0) is 42.4 Å². The zero-order chi connectivity index (χ0) is 29.6. The third-order valence-electron chi connectivity index (χ3n) is 6.79. The van der Waals surface area contributed by atoms with Crippen molar-refractivity contribution in [3.63, 3.8) is 0 Å². The van der Waals surface area contributed by atoms with Gasteiger partial charge in [0, 0.05) is 50.3 Å². The molecule has 0 aliphatic rings. The highest BCUT2D eigenvalue weighted by Gasteiger charge is 2.38. The molecule has 0 aliphatic heterocycles. The lowest BCUT2D eigenvalue weighted by atomic mass is 9.99. The highest BCUT2D eigenvalue weighted by molar-refractivity contribution is 5.95. The molecule has 0 spiro atoms. The van der Waals surface area contributed by atoms with Crippen LogP contribution in [0.3, 0.4) is 0 Å². The summed E-state index contributed by atoms with van der Waals surface area (Å²) in [6.07, 6.45) is 4.16. The van der Waals surface area contributed by atoms with Gasteiger partial charge in [0.05, 0.1) is 29.8 Å². The average molecular weight is 571 g/mol. The predicted octanol–water partition coefficient (Wildman–Crippen LogP) is 5.97. The van der Waals surface area contributed by atoms with E-state index in [1.54, 1.807) is 22.9 Å². The summed E-state index contributed by atoms with van der Waals surface area (Å²) in [5.41, 5.74) is 2.87. The molecule has 1 amide bonds. The van der Waals surface area contributed by atoms with E-state index in [-0.39, 0.29) is 11.5 Å². The SMILES string of the molecule is CCCOCCNC(=O)c1ccc(Cc2nccn3c(-c4cn(CCC(C)C)nc4C(F)(F)F)cnc23)cc1CC. The predicted molar refractivity (Wildman–Crippen MR) is 151 cm³/mol. The molecule has 0 aliphatic carbocycles. The van der Waals surface area contributed by atoms with Gasteiger partial charge in [0.2, 0.25) is 0 Å². The van der Waals surface area contributed by atoms with Gasteiger partial charge in [-0.3, -0.25) is 18.9 Å². The van der Waals surface area contributed by atoms with Crippen LogP contribution in [0, 0.1) is 5.92 Å². The Hall–Kier alpha value is -3.73. The minimum absolute atomic E-state index is 0.0189. The number of carbonyl (C=O) groups is 1. The van der Waals surface area contributed by atoms with Crippen molar-refractivity contribution in [1.29, 1.82) is 0 Å². The van der Waals surface area contributed by atoms with Crippen LogP contribution in [-0.2, 0) is 30.3 Å². The molecule has 0 fully saturated rings. The molecule has 41 heavy (non-hydrogen) atoms. The molecule has 0 bridgehead atoms. The number of carbonyl (C=O) groups excluding carboxylic acids is 1. The highest BCUT2D eigenvalue weighted by atomic mass is 19.4. The summed E-state index contributed by atoms with van der Waals surface area (Å²) in [5, 5.41) is 6.77. The number of alkyl halides is 3. The number of nitrogens with one attached hydrogen (secondary N) is 1. The Kier molecular flexibility index (Phi) is 9.80. The first kappa shape index (κ1) is 30.2. The van der Waals surface area contributed by atoms with Crippen molar-refractivity contribution in [3.05, 3.63) is 71.1 Å². The van der Waals surface area contributed by atoms with Crippen LogP contribution in [-0.4, -0.2) is 49.8 Å². The number of fused-ring (bicyclic) bond motifs is 1. The molecule has 1 aromatic carbocycles. The number of halogens is 3. The second-order valence-electron chi connectivity index (χ2n) is 10.4. The molecular formula is C30H37F3N6O2. The van der Waals surface area contributed by atoms with Crippen LogP contribution in [0.5, 0.6) is 0 Å². The number of hydrogen-bond acceptors (Lipinski definition) is 5. The lowest BCUT2D eigenvalue weighted by Gasteiger charge is -2.12. The quantitative estimate of drug-likeness (QED) is 0.200. The maximum absolute atomic E-state index is 13.9. The van der Waals surface area contributed by atoms with Crippen molar-refractivity contribution in [1.82, 2.24) is 29.5 Å². The van der Waals surface area contributed by atoms with E-state index in [1.165, 1.54) is 17.1 Å². The van der Waals surface area contributed by atoms with Crippen molar-refractivity contribution in [2.45, 2.75) is 66.1 Å². The Bertz CT molecular complexity index is 1470. The number of rotatable bonds is 13. The van der Waals surface area contributed by atoms with Gasteiger partial charge in [-0.25, -0.2) is 4.98 Å². The molecule has 1 N–H and O–H groups in total. The maximum atomic E-state index is 13.9. The fourth-order valence-corrected chi connectivity index (χ4v) is 4.66. The molecule has 0 atom stereocenters. The second-order valence-corrected chi connectivity index (χ2v) is 10.4. The van der Waals surface area contributed by atoms with Crippen molar-refractivity contribution < 1.29 is 22.7 Å². The number of aryl methyl sites for hydroxylation is 2. The van der Waals surface area contributed by atoms with Crippen LogP contribution in [0.15, 0.2) is 43.0 Å². The zero-order valence-electron chi connectivity index (χ0n) is 24.0. The van der Waals surface area contributed by atoms with Crippen molar-refractivity contribution in [2.75, 3.05) is 19.8 Å². The van der Waals surface area contributed by atoms with Gasteiger partial charge in [0.25, 0.3) is 5.91 Å². The van der Waals surface area contributed by atoms with Gasteiger partial charge in [0.15, 0.2) is 11.3 Å². The summed E-state index contributed by atoms with van der Waals surface area (Å²) in [7, 11) is 0. The second kappa shape index (κ2) is 13.3. The summed E-state index contributed by atoms with van der Waals surface area (Å²) in [6, 6.07) is 5.64. The Balaban J connectivity index is 1.59. The summed E-state index contributed by atoms with van der Waals surface area (Å²) in [5.74, 6) is 0.185. The standard InChI is InChI=1S/C30H37F3N6O2/c1-5-14-41-15-11-35-29(40)23-8-7-21(16-22(23)6-2)17-25-28-36-18-26(39(28)13-10-34-25)24-19-38(12-9-20(3)4)37-27(24)30(31,32)33/h7-8,10,13,16,18-20H,5-6,9,11-12,14-15,17H2,1-4H3,(H,35,40). The molecule has 4 rings (SSSR count). The van der Waals surface area contributed by atoms with Crippen LogP contribution in [0.25, 0.3) is 16.9 Å². The van der Waals surface area contributed by atoms with E-state index in [0.717, 1.165) is 17.5 Å². The smallest absolute Gasteiger partial charge is 0.380 e. The molecule has 8 nitrogen and oxygen atoms in total. The van der Waals surface area contributed by atoms with E-state index in [0.29, 0.717) is 74.1 Å². The molecule has 4 aromatic rings. The van der Waals surface area contributed by atoms with Crippen LogP contribution in [0.2, 0.25) is 0 Å². The lowest BCUT2D eigenvalue weighted by molar-refractivity contribution is -0.141. The first-order valence-corrected chi connectivity index (χ1v) is 14.1. The Labute approximate surface area is 238 Å². The molecule has 3 aromatic heterocycles. The number of imidazole rings is 1. The number of amides is 1. The maximum Gasteiger partial charge on any atom is 0.435 e. The third-order valence-corrected chi connectivity index (χ3v) is 6.79. The fourth-order valence-electron chi connectivity index (χ4n) is 4.66. The van der Waals surface area contributed by atoms with Gasteiger partial charge in [0.1, 0.15) is 0 Å². The molecule has 220 valence electrons. The Morgan fingerprint density at radius 2 is 1.95 bits per heavy atom. The van der Waals surface area contributed by atoms with Crippen LogP contribution in [0.4, 0.5) is 13.2 Å². The van der Waals surface area contributed by atoms with Gasteiger partial charge >= 0.3 is 6.18 Å². The van der Waals surface area contributed by atoms with Crippen LogP contribution in [0.1, 0.15) is 73.4 Å². The number of hydrogen-bond donors (Lipinski definition) is 1. The largest absolute Gasteiger partial charge is 0.435 e. The summed E-state index contributed by atoms with van der Waals surface area (Å²) in [6.45, 7) is 10.0. The Morgan fingerprint density at radius 3 is 2.66 bits per heavy atom. The number of aromatic nitrogens is 5. The number of ether oxygens (including phenoxy) is 1. The molecular weight excluding hydrogens is 533 g/mol. The molecule has 0 saturated heterocycles. The number of nitrogens with zero attached hydrogens (tertiary/aromatic N) is 5. The third kappa shape index (κ3) is 7.32. The van der Waals surface area contributed by atoms with Crippen molar-refractivity contribution >= 4 is 11.6 Å². The zero-order valence-corrected chi connectivity index (χ0v) is 24.0. The first-order chi connectivity index (χ1) is 19.6. The molecule has 3 heterocycles. The van der Waals surface area contributed by atoms with E-state index < -0.39 is 11.9 Å². The fraction of sp³-hybridized carbons (Fsp3) is 0.467. The Morgan fingerprint density at radius 1 is 1.15 bits per heavy atom. The van der Waals surface area contributed by atoms with Crippen molar-refractivity contribution in [3.8, 4) is 11.3 Å². The minimum atomic E-state index is -4.61. The van der Waals surface area contributed by atoms with Crippen LogP contribution < -0.4 is 5.32 Å². The minimum Gasteiger partial charge on any atom is -0.380 e. The average Bonchev–Trinajstić information content (AvgIpc) is 3.56. The van der Waals surface area contributed by atoms with E-state index in [2.05, 4.69) is 20.4 Å². The molecule has 0 unspecified atom stereocenters. The van der Waals surface area contributed by atoms with E-state index in [1.807, 2.05) is 39.8 Å². The summed E-state index contributed by atoms with van der Waals surface area (Å²) in [4.78, 5) is 21.7. The highest BCUT2D eigenvalue weighted by Crippen LogP contribution is 2.36. The normalized spacial score (nSPS) is 12.0. The van der Waals surface area contributed by atoms with Gasteiger partial charge in [-0.2, -0.15) is 18.3 Å². The monoisotopic (exact) mass is 570 g/mol. The topological polar surface area (TPSA) is 86.3 Å². The van der Waals surface area contributed by atoms with E-state index >= 15 is 0 Å². The summed E-state index contributed by atoms with van der Waals surface area (Å²) >= 11 is 0. The van der Waals surface area contributed by atoms with Gasteiger partial charge in [-0.1, -0.05) is 39.8 Å². The van der Waals surface area contributed by atoms with Crippen molar-refractivity contribution in [2.24, 2.45) is 5.92 Å².